The van der Waals surface area contributed by atoms with E-state index < -0.39 is 36.5 Å². The van der Waals surface area contributed by atoms with Crippen molar-refractivity contribution in [3.05, 3.63) is 34.6 Å². The van der Waals surface area contributed by atoms with Crippen LogP contribution < -0.4 is 5.32 Å². The largest absolute Gasteiger partial charge is 0.401 e. The van der Waals surface area contributed by atoms with Gasteiger partial charge in [0.2, 0.25) is 5.91 Å². The molecule has 0 saturated carbocycles. The van der Waals surface area contributed by atoms with Crippen LogP contribution >= 0.6 is 11.6 Å². The molecule has 0 spiro atoms. The zero-order valence-corrected chi connectivity index (χ0v) is 16.6. The highest BCUT2D eigenvalue weighted by atomic mass is 35.5. The van der Waals surface area contributed by atoms with Crippen molar-refractivity contribution >= 4 is 17.5 Å². The molecule has 3 rings (SSSR count). The van der Waals surface area contributed by atoms with E-state index in [1.54, 1.807) is 6.07 Å². The first-order chi connectivity index (χ1) is 13.8. The number of rotatable bonds is 6. The average Bonchev–Trinajstić information content (AvgIpc) is 3.17. The van der Waals surface area contributed by atoms with Gasteiger partial charge in [0.25, 0.3) is 0 Å². The highest BCUT2D eigenvalue weighted by Gasteiger charge is 2.38. The number of hydrogen-bond acceptors (Lipinski definition) is 4. The number of nitrogens with zero attached hydrogens (tertiary/aromatic N) is 2. The van der Waals surface area contributed by atoms with Crippen molar-refractivity contribution in [3.8, 4) is 0 Å². The number of hydrogen-bond donors (Lipinski definition) is 1. The lowest BCUT2D eigenvalue weighted by Crippen LogP contribution is -2.56. The first kappa shape index (κ1) is 22.3. The van der Waals surface area contributed by atoms with Gasteiger partial charge in [-0.2, -0.15) is 13.2 Å². The maximum atomic E-state index is 14.5. The molecule has 10 heteroatoms. The molecule has 162 valence electrons. The van der Waals surface area contributed by atoms with Crippen LogP contribution in [0.2, 0.25) is 5.02 Å². The van der Waals surface area contributed by atoms with Gasteiger partial charge in [0.05, 0.1) is 25.8 Å². The predicted octanol–water partition coefficient (Wildman–Crippen LogP) is 3.00. The van der Waals surface area contributed by atoms with Gasteiger partial charge in [0, 0.05) is 23.7 Å². The molecule has 5 nitrogen and oxygen atoms in total. The molecule has 1 aromatic rings. The normalized spacial score (nSPS) is 22.6. The summed E-state index contributed by atoms with van der Waals surface area (Å²) in [6.45, 7) is 0.388. The minimum absolute atomic E-state index is 0.0201. The van der Waals surface area contributed by atoms with Gasteiger partial charge in [-0.05, 0) is 38.1 Å². The molecule has 2 fully saturated rings. The fourth-order valence-electron chi connectivity index (χ4n) is 3.91. The van der Waals surface area contributed by atoms with Crippen molar-refractivity contribution in [2.24, 2.45) is 0 Å². The van der Waals surface area contributed by atoms with E-state index >= 15 is 0 Å². The smallest absolute Gasteiger partial charge is 0.378 e. The van der Waals surface area contributed by atoms with Crippen molar-refractivity contribution in [2.45, 2.75) is 31.1 Å². The molecular formula is C19H24ClF4N3O2. The first-order valence-corrected chi connectivity index (χ1v) is 9.98. The molecule has 29 heavy (non-hydrogen) atoms. The fourth-order valence-corrected chi connectivity index (χ4v) is 4.20. The van der Waals surface area contributed by atoms with Crippen LogP contribution in [-0.4, -0.2) is 73.9 Å². The van der Waals surface area contributed by atoms with Crippen LogP contribution in [0, 0.1) is 5.82 Å². The van der Waals surface area contributed by atoms with E-state index in [0.717, 1.165) is 30.8 Å². The Hall–Kier alpha value is -1.42. The summed E-state index contributed by atoms with van der Waals surface area (Å²) >= 11 is 6.23. The zero-order chi connectivity index (χ0) is 21.0. The second kappa shape index (κ2) is 9.59. The van der Waals surface area contributed by atoms with E-state index in [1.165, 1.54) is 12.1 Å². The molecule has 1 aromatic carbocycles. The van der Waals surface area contributed by atoms with E-state index in [2.05, 4.69) is 5.32 Å². The van der Waals surface area contributed by atoms with Crippen molar-refractivity contribution < 1.29 is 27.1 Å². The molecule has 0 unspecified atom stereocenters. The Morgan fingerprint density at radius 1 is 1.28 bits per heavy atom. The number of ether oxygens (including phenoxy) is 1. The maximum Gasteiger partial charge on any atom is 0.401 e. The van der Waals surface area contributed by atoms with E-state index in [9.17, 15) is 22.4 Å². The SMILES string of the molecule is O=C(NC[C@H](c1c(F)cccc1Cl)N1CCCC1)[C@@H]1COCCN1CC(F)(F)F. The van der Waals surface area contributed by atoms with Crippen LogP contribution in [0.5, 0.6) is 0 Å². The average molecular weight is 438 g/mol. The van der Waals surface area contributed by atoms with Crippen molar-refractivity contribution in [1.82, 2.24) is 15.1 Å². The van der Waals surface area contributed by atoms with Crippen LogP contribution in [0.25, 0.3) is 0 Å². The quantitative estimate of drug-likeness (QED) is 0.695. The highest BCUT2D eigenvalue weighted by molar-refractivity contribution is 6.31. The van der Waals surface area contributed by atoms with Gasteiger partial charge in [0.15, 0.2) is 0 Å². The Morgan fingerprint density at radius 3 is 2.66 bits per heavy atom. The highest BCUT2D eigenvalue weighted by Crippen LogP contribution is 2.32. The Kier molecular flexibility index (Phi) is 7.37. The third kappa shape index (κ3) is 5.81. The number of alkyl halides is 3. The molecule has 2 saturated heterocycles. The lowest BCUT2D eigenvalue weighted by molar-refractivity contribution is -0.166. The molecule has 0 aromatic heterocycles. The zero-order valence-electron chi connectivity index (χ0n) is 15.9. The monoisotopic (exact) mass is 437 g/mol. The number of benzene rings is 1. The third-order valence-electron chi connectivity index (χ3n) is 5.31. The van der Waals surface area contributed by atoms with E-state index in [4.69, 9.17) is 16.3 Å². The Bertz CT molecular complexity index is 693. The minimum atomic E-state index is -4.41. The minimum Gasteiger partial charge on any atom is -0.378 e. The molecule has 1 N–H and O–H groups in total. The van der Waals surface area contributed by atoms with Crippen molar-refractivity contribution in [1.29, 1.82) is 0 Å². The molecule has 2 heterocycles. The summed E-state index contributed by atoms with van der Waals surface area (Å²) in [6, 6.07) is 2.88. The number of amides is 1. The van der Waals surface area contributed by atoms with E-state index in [-0.39, 0.29) is 31.3 Å². The van der Waals surface area contributed by atoms with Crippen molar-refractivity contribution in [3.63, 3.8) is 0 Å². The summed E-state index contributed by atoms with van der Waals surface area (Å²) in [6.07, 6.45) is -2.51. The number of halogens is 5. The molecule has 2 aliphatic rings. The van der Waals surface area contributed by atoms with Gasteiger partial charge in [0.1, 0.15) is 11.9 Å². The predicted molar refractivity (Wildman–Crippen MR) is 100 cm³/mol. The molecule has 2 aliphatic heterocycles. The summed E-state index contributed by atoms with van der Waals surface area (Å²) in [5, 5.41) is 2.96. The van der Waals surface area contributed by atoms with E-state index in [0.29, 0.717) is 5.56 Å². The summed E-state index contributed by atoms with van der Waals surface area (Å²) in [5.41, 5.74) is 0.295. The van der Waals surface area contributed by atoms with Gasteiger partial charge >= 0.3 is 6.18 Å². The standard InChI is InChI=1S/C19H24ClF4N3O2/c20-13-4-3-5-14(21)17(13)15(26-6-1-2-7-26)10-25-18(28)16-11-29-9-8-27(16)12-19(22,23)24/h3-5,15-16H,1-2,6-12H2,(H,25,28)/t15-,16+/m1/s1. The lowest BCUT2D eigenvalue weighted by atomic mass is 10.0. The van der Waals surface area contributed by atoms with Crippen LogP contribution in [0.1, 0.15) is 24.4 Å². The second-order valence-corrected chi connectivity index (χ2v) is 7.72. The summed E-state index contributed by atoms with van der Waals surface area (Å²) in [4.78, 5) is 15.8. The van der Waals surface area contributed by atoms with E-state index in [1.807, 2.05) is 4.90 Å². The molecule has 2 atom stereocenters. The van der Waals surface area contributed by atoms with Gasteiger partial charge in [-0.1, -0.05) is 17.7 Å². The maximum absolute atomic E-state index is 14.5. The summed E-state index contributed by atoms with van der Waals surface area (Å²) in [7, 11) is 0. The number of nitrogens with one attached hydrogen (secondary N) is 1. The summed E-state index contributed by atoms with van der Waals surface area (Å²) < 4.78 is 58.2. The van der Waals surface area contributed by atoms with Crippen LogP contribution in [0.4, 0.5) is 17.6 Å². The first-order valence-electron chi connectivity index (χ1n) is 9.60. The Morgan fingerprint density at radius 2 is 2.00 bits per heavy atom. The number of carbonyl (C=O) groups excluding carboxylic acids is 1. The van der Waals surface area contributed by atoms with Crippen LogP contribution in [0.3, 0.4) is 0 Å². The molecular weight excluding hydrogens is 414 g/mol. The Balaban J connectivity index is 1.72. The van der Waals surface area contributed by atoms with Gasteiger partial charge in [-0.3, -0.25) is 14.6 Å². The topological polar surface area (TPSA) is 44.8 Å². The fraction of sp³-hybridized carbons (Fsp3) is 0.632. The lowest BCUT2D eigenvalue weighted by Gasteiger charge is -2.35. The van der Waals surface area contributed by atoms with Crippen LogP contribution in [0.15, 0.2) is 18.2 Å². The number of carbonyl (C=O) groups is 1. The van der Waals surface area contributed by atoms with Gasteiger partial charge in [-0.25, -0.2) is 4.39 Å². The molecule has 1 amide bonds. The third-order valence-corrected chi connectivity index (χ3v) is 5.64. The summed E-state index contributed by atoms with van der Waals surface area (Å²) in [5.74, 6) is -1.03. The molecule has 0 bridgehead atoms. The molecule has 0 radical (unpaired) electrons. The number of morpholine rings is 1. The second-order valence-electron chi connectivity index (χ2n) is 7.32. The van der Waals surface area contributed by atoms with Gasteiger partial charge in [-0.15, -0.1) is 0 Å². The van der Waals surface area contributed by atoms with Crippen LogP contribution in [-0.2, 0) is 9.53 Å². The van der Waals surface area contributed by atoms with Crippen molar-refractivity contribution in [2.75, 3.05) is 45.9 Å². The Labute approximate surface area is 171 Å². The van der Waals surface area contributed by atoms with Gasteiger partial charge < -0.3 is 10.1 Å². The molecule has 0 aliphatic carbocycles. The number of likely N-dealkylation sites (tertiary alicyclic amines) is 1.